The van der Waals surface area contributed by atoms with Gasteiger partial charge in [0.15, 0.2) is 0 Å². The fourth-order valence-corrected chi connectivity index (χ4v) is 5.71. The van der Waals surface area contributed by atoms with Crippen LogP contribution in [0.1, 0.15) is 52.8 Å². The number of rotatable bonds is 8. The third-order valence-electron chi connectivity index (χ3n) is 6.31. The van der Waals surface area contributed by atoms with Gasteiger partial charge in [0.25, 0.3) is 0 Å². The van der Waals surface area contributed by atoms with E-state index in [4.69, 9.17) is 11.2 Å². The van der Waals surface area contributed by atoms with Crippen LogP contribution in [0.3, 0.4) is 0 Å². The summed E-state index contributed by atoms with van der Waals surface area (Å²) in [5, 5.41) is 16.2. The molecule has 2 unspecified atom stereocenters. The first-order chi connectivity index (χ1) is 17.4. The summed E-state index contributed by atoms with van der Waals surface area (Å²) in [6, 6.07) is 10.7. The van der Waals surface area contributed by atoms with Gasteiger partial charge >= 0.3 is 6.09 Å². The van der Waals surface area contributed by atoms with E-state index in [1.807, 2.05) is 25.1 Å². The number of aromatic hydroxyl groups is 1. The van der Waals surface area contributed by atoms with Crippen molar-refractivity contribution in [1.82, 2.24) is 10.3 Å². The normalized spacial score (nSPS) is 15.3. The quantitative estimate of drug-likeness (QED) is 0.376. The lowest BCUT2D eigenvalue weighted by Gasteiger charge is -2.22. The number of hydrogen-bond donors (Lipinski definition) is 3. The molecule has 0 saturated heterocycles. The zero-order valence-corrected chi connectivity index (χ0v) is 20.9. The smallest absolute Gasteiger partial charge is 0.407 e. The first-order valence-corrected chi connectivity index (χ1v) is 12.7. The number of alkyl carbamates (subject to hydrolysis) is 1. The number of thiophene rings is 1. The molecule has 3 aromatic rings. The molecular weight excluding hydrogens is 474 g/mol. The average molecular weight is 504 g/mol. The summed E-state index contributed by atoms with van der Waals surface area (Å²) in [6.07, 6.45) is 11.4. The highest BCUT2D eigenvalue weighted by Gasteiger charge is 2.27. The highest BCUT2D eigenvalue weighted by molar-refractivity contribution is 7.16. The maximum atomic E-state index is 12.8. The van der Waals surface area contributed by atoms with Gasteiger partial charge in [0.2, 0.25) is 5.91 Å². The molecule has 36 heavy (non-hydrogen) atoms. The third kappa shape index (κ3) is 6.43. The SMILES string of the molecule is C#Cc1c(NC(=O)CC(C)c2cccc(O)c2)sc2c1CCC(COC(=O)NCc1cccnc1)C2. The summed E-state index contributed by atoms with van der Waals surface area (Å²) < 4.78 is 5.45. The predicted molar refractivity (Wildman–Crippen MR) is 140 cm³/mol. The number of carbonyl (C=O) groups is 2. The van der Waals surface area contributed by atoms with Crippen molar-refractivity contribution in [2.75, 3.05) is 11.9 Å². The fourth-order valence-electron chi connectivity index (χ4n) is 4.36. The second-order valence-corrected chi connectivity index (χ2v) is 10.1. The second kappa shape index (κ2) is 11.7. The van der Waals surface area contributed by atoms with Crippen molar-refractivity contribution in [3.63, 3.8) is 0 Å². The van der Waals surface area contributed by atoms with Gasteiger partial charge in [-0.25, -0.2) is 4.79 Å². The molecule has 2 atom stereocenters. The molecule has 0 bridgehead atoms. The van der Waals surface area contributed by atoms with Crippen molar-refractivity contribution in [2.24, 2.45) is 5.92 Å². The Labute approximate surface area is 214 Å². The monoisotopic (exact) mass is 503 g/mol. The highest BCUT2D eigenvalue weighted by Crippen LogP contribution is 2.39. The Kier molecular flexibility index (Phi) is 8.24. The standard InChI is InChI=1S/C28H29N3O4S/c1-3-23-24-10-9-19(17-35-28(34)30-16-20-6-5-11-29-15-20)13-25(24)36-27(23)31-26(33)12-18(2)21-7-4-8-22(32)14-21/h1,4-8,11,14-15,18-19,32H,9-10,12-13,16-17H2,2H3,(H,30,34)(H,31,33). The van der Waals surface area contributed by atoms with Gasteiger partial charge < -0.3 is 20.5 Å². The predicted octanol–water partition coefficient (Wildman–Crippen LogP) is 4.99. The molecule has 3 N–H and O–H groups in total. The minimum atomic E-state index is -0.450. The van der Waals surface area contributed by atoms with E-state index < -0.39 is 6.09 Å². The van der Waals surface area contributed by atoms with Crippen molar-refractivity contribution in [3.8, 4) is 18.1 Å². The first kappa shape index (κ1) is 25.3. The van der Waals surface area contributed by atoms with Crippen LogP contribution in [0.5, 0.6) is 5.75 Å². The number of nitrogens with one attached hydrogen (secondary N) is 2. The maximum absolute atomic E-state index is 12.8. The average Bonchev–Trinajstić information content (AvgIpc) is 3.22. The molecule has 0 fully saturated rings. The van der Waals surface area contributed by atoms with E-state index in [0.717, 1.165) is 46.4 Å². The number of ether oxygens (including phenoxy) is 1. The van der Waals surface area contributed by atoms with Crippen LogP contribution >= 0.6 is 11.3 Å². The summed E-state index contributed by atoms with van der Waals surface area (Å²) in [6.45, 7) is 2.64. The number of aromatic nitrogens is 1. The second-order valence-electron chi connectivity index (χ2n) is 9.02. The van der Waals surface area contributed by atoms with Crippen LogP contribution in [0.4, 0.5) is 9.80 Å². The van der Waals surface area contributed by atoms with E-state index in [9.17, 15) is 14.7 Å². The molecule has 8 heteroatoms. The van der Waals surface area contributed by atoms with Crippen molar-refractivity contribution < 1.29 is 19.4 Å². The van der Waals surface area contributed by atoms with E-state index >= 15 is 0 Å². The van der Waals surface area contributed by atoms with E-state index in [1.165, 1.54) is 11.3 Å². The van der Waals surface area contributed by atoms with Gasteiger partial charge in [0.1, 0.15) is 10.8 Å². The molecule has 0 spiro atoms. The molecule has 0 saturated carbocycles. The lowest BCUT2D eigenvalue weighted by atomic mass is 9.87. The third-order valence-corrected chi connectivity index (χ3v) is 7.48. The number of fused-ring (bicyclic) bond motifs is 1. The van der Waals surface area contributed by atoms with Crippen LogP contribution in [0.2, 0.25) is 0 Å². The van der Waals surface area contributed by atoms with Gasteiger partial charge in [0, 0.05) is 30.2 Å². The lowest BCUT2D eigenvalue weighted by molar-refractivity contribution is -0.116. The van der Waals surface area contributed by atoms with Crippen LogP contribution in [0, 0.1) is 18.3 Å². The zero-order valence-electron chi connectivity index (χ0n) is 20.1. The number of terminal acetylenes is 1. The number of anilines is 1. The van der Waals surface area contributed by atoms with Crippen LogP contribution in [-0.2, 0) is 28.9 Å². The molecule has 2 amide bonds. The van der Waals surface area contributed by atoms with Gasteiger partial charge in [-0.3, -0.25) is 9.78 Å². The number of phenols is 1. The van der Waals surface area contributed by atoms with E-state index in [-0.39, 0.29) is 29.9 Å². The van der Waals surface area contributed by atoms with Crippen LogP contribution in [0.15, 0.2) is 48.8 Å². The Bertz CT molecular complexity index is 1270. The Balaban J connectivity index is 1.31. The van der Waals surface area contributed by atoms with Crippen molar-refractivity contribution >= 4 is 28.3 Å². The molecule has 1 aliphatic carbocycles. The lowest BCUT2D eigenvalue weighted by Crippen LogP contribution is -2.27. The Morgan fingerprint density at radius 2 is 2.19 bits per heavy atom. The van der Waals surface area contributed by atoms with Gasteiger partial charge in [-0.15, -0.1) is 17.8 Å². The number of nitrogens with zero attached hydrogens (tertiary/aromatic N) is 1. The van der Waals surface area contributed by atoms with E-state index in [2.05, 4.69) is 21.5 Å². The van der Waals surface area contributed by atoms with Gasteiger partial charge in [-0.1, -0.05) is 31.0 Å². The molecule has 186 valence electrons. The number of benzene rings is 1. The largest absolute Gasteiger partial charge is 0.508 e. The molecule has 2 aromatic heterocycles. The van der Waals surface area contributed by atoms with E-state index in [1.54, 1.807) is 30.6 Å². The summed E-state index contributed by atoms with van der Waals surface area (Å²) in [4.78, 5) is 30.0. The zero-order chi connectivity index (χ0) is 25.5. The topological polar surface area (TPSA) is 101 Å². The summed E-state index contributed by atoms with van der Waals surface area (Å²) in [7, 11) is 0. The van der Waals surface area contributed by atoms with Crippen LogP contribution < -0.4 is 10.6 Å². The fraction of sp³-hybridized carbons (Fsp3) is 0.321. The van der Waals surface area contributed by atoms with Crippen molar-refractivity contribution in [2.45, 2.75) is 45.1 Å². The molecule has 7 nitrogen and oxygen atoms in total. The minimum Gasteiger partial charge on any atom is -0.508 e. The Morgan fingerprint density at radius 3 is 2.94 bits per heavy atom. The molecule has 0 aliphatic heterocycles. The first-order valence-electron chi connectivity index (χ1n) is 11.9. The summed E-state index contributed by atoms with van der Waals surface area (Å²) in [5.41, 5.74) is 3.67. The number of carbonyl (C=O) groups excluding carboxylic acids is 2. The van der Waals surface area contributed by atoms with Crippen molar-refractivity contribution in [3.05, 3.63) is 75.9 Å². The molecule has 4 rings (SSSR count). The van der Waals surface area contributed by atoms with Crippen LogP contribution in [0.25, 0.3) is 0 Å². The number of phenolic OH excluding ortho intramolecular Hbond substituents is 1. The molecule has 0 radical (unpaired) electrons. The number of amides is 2. The highest BCUT2D eigenvalue weighted by atomic mass is 32.1. The Hall–Kier alpha value is -3.83. The van der Waals surface area contributed by atoms with Gasteiger partial charge in [-0.2, -0.15) is 0 Å². The van der Waals surface area contributed by atoms with Gasteiger partial charge in [0.05, 0.1) is 12.2 Å². The van der Waals surface area contributed by atoms with Crippen LogP contribution in [-0.4, -0.2) is 28.7 Å². The number of pyridine rings is 1. The number of hydrogen-bond acceptors (Lipinski definition) is 6. The molecule has 1 aromatic carbocycles. The van der Waals surface area contributed by atoms with E-state index in [0.29, 0.717) is 18.2 Å². The maximum Gasteiger partial charge on any atom is 0.407 e. The minimum absolute atomic E-state index is 0.0493. The van der Waals surface area contributed by atoms with Crippen molar-refractivity contribution in [1.29, 1.82) is 0 Å². The molecule has 1 aliphatic rings. The molecular formula is C28H29N3O4S. The van der Waals surface area contributed by atoms with Gasteiger partial charge in [-0.05, 0) is 66.0 Å². The Morgan fingerprint density at radius 1 is 1.33 bits per heavy atom. The molecule has 2 heterocycles. The summed E-state index contributed by atoms with van der Waals surface area (Å²) >= 11 is 1.51. The summed E-state index contributed by atoms with van der Waals surface area (Å²) in [5.74, 6) is 2.97.